The van der Waals surface area contributed by atoms with Gasteiger partial charge < -0.3 is 61.3 Å². The van der Waals surface area contributed by atoms with Crippen LogP contribution in [0.4, 0.5) is 0 Å². The fraction of sp³-hybridized carbons (Fsp3) is 1.00. The smallest absolute Gasteiger partial charge is 0.111 e. The van der Waals surface area contributed by atoms with E-state index in [0.717, 1.165) is 0 Å². The standard InChI is InChI=1S/2C6H14O6/c2*7-1-3(9)5(11)6(12)4(10)2-8/h2*3-12H,1-2H2/t3-,4-,5+,6+;/m1./s1. The SMILES string of the molecule is OCC(O)C(O)C(O)C(O)CO.OC[C@@H](O)[C@H](O)[C@@H](O)[C@H](O)CO. The van der Waals surface area contributed by atoms with E-state index in [0.29, 0.717) is 0 Å². The van der Waals surface area contributed by atoms with Crippen molar-refractivity contribution in [3.05, 3.63) is 0 Å². The highest BCUT2D eigenvalue weighted by Gasteiger charge is 2.30. The number of aliphatic hydroxyl groups is 12. The van der Waals surface area contributed by atoms with E-state index in [4.69, 9.17) is 61.3 Å². The average Bonchev–Trinajstić information content (AvgIpc) is 2.62. The minimum absolute atomic E-state index is 0.726. The summed E-state index contributed by atoms with van der Waals surface area (Å²) in [5.74, 6) is 0. The van der Waals surface area contributed by atoms with E-state index >= 15 is 0 Å². The van der Waals surface area contributed by atoms with E-state index < -0.39 is 75.3 Å². The van der Waals surface area contributed by atoms with Gasteiger partial charge in [0.2, 0.25) is 0 Å². The maximum atomic E-state index is 8.96. The number of hydrogen-bond donors (Lipinski definition) is 12. The molecule has 148 valence electrons. The molecule has 0 bridgehead atoms. The van der Waals surface area contributed by atoms with Crippen LogP contribution in [-0.2, 0) is 0 Å². The van der Waals surface area contributed by atoms with Gasteiger partial charge in [0, 0.05) is 0 Å². The Morgan fingerprint density at radius 2 is 0.458 bits per heavy atom. The van der Waals surface area contributed by atoms with Crippen LogP contribution in [0.2, 0.25) is 0 Å². The molecule has 0 aromatic carbocycles. The molecule has 0 aromatic rings. The van der Waals surface area contributed by atoms with E-state index in [1.54, 1.807) is 0 Å². The van der Waals surface area contributed by atoms with Gasteiger partial charge in [-0.3, -0.25) is 0 Å². The summed E-state index contributed by atoms with van der Waals surface area (Å²) in [5.41, 5.74) is 0. The highest BCUT2D eigenvalue weighted by molar-refractivity contribution is 4.80. The summed E-state index contributed by atoms with van der Waals surface area (Å²) in [4.78, 5) is 0. The second-order valence-corrected chi connectivity index (χ2v) is 4.96. The molecular weight excluding hydrogens is 336 g/mol. The van der Waals surface area contributed by atoms with Crippen molar-refractivity contribution in [1.82, 2.24) is 0 Å². The summed E-state index contributed by atoms with van der Waals surface area (Å²) in [6.07, 6.45) is -12.8. The summed E-state index contributed by atoms with van der Waals surface area (Å²) in [6.45, 7) is -2.90. The Morgan fingerprint density at radius 1 is 0.333 bits per heavy atom. The molecule has 0 rings (SSSR count). The van der Waals surface area contributed by atoms with Gasteiger partial charge in [0.1, 0.15) is 48.8 Å². The minimum Gasteiger partial charge on any atom is -0.394 e. The molecule has 0 saturated heterocycles. The second-order valence-electron chi connectivity index (χ2n) is 4.96. The van der Waals surface area contributed by atoms with Crippen molar-refractivity contribution in [2.24, 2.45) is 0 Å². The molecule has 24 heavy (non-hydrogen) atoms. The van der Waals surface area contributed by atoms with Gasteiger partial charge in [-0.15, -0.1) is 0 Å². The van der Waals surface area contributed by atoms with Crippen molar-refractivity contribution >= 4 is 0 Å². The predicted molar refractivity (Wildman–Crippen MR) is 76.4 cm³/mol. The molecule has 0 aliphatic carbocycles. The molecule has 0 spiro atoms. The Labute approximate surface area is 137 Å². The second kappa shape index (κ2) is 13.8. The molecule has 4 unspecified atom stereocenters. The monoisotopic (exact) mass is 364 g/mol. The molecule has 8 atom stereocenters. The van der Waals surface area contributed by atoms with Crippen LogP contribution in [0.25, 0.3) is 0 Å². The summed E-state index contributed by atoms with van der Waals surface area (Å²) in [7, 11) is 0. The quantitative estimate of drug-likeness (QED) is 0.173. The number of rotatable bonds is 10. The molecule has 12 heteroatoms. The molecule has 0 aliphatic heterocycles. The third-order valence-corrected chi connectivity index (χ3v) is 3.02. The molecule has 0 saturated carbocycles. The van der Waals surface area contributed by atoms with Gasteiger partial charge in [0.25, 0.3) is 0 Å². The van der Waals surface area contributed by atoms with Crippen LogP contribution in [0.15, 0.2) is 0 Å². The molecule has 0 amide bonds. The number of aliphatic hydroxyl groups excluding tert-OH is 12. The lowest BCUT2D eigenvalue weighted by atomic mass is 10.0. The fourth-order valence-corrected chi connectivity index (χ4v) is 1.34. The molecule has 0 radical (unpaired) electrons. The summed E-state index contributed by atoms with van der Waals surface area (Å²) >= 11 is 0. The molecule has 12 nitrogen and oxygen atoms in total. The first-order valence-electron chi connectivity index (χ1n) is 6.96. The highest BCUT2D eigenvalue weighted by Crippen LogP contribution is 2.04. The van der Waals surface area contributed by atoms with E-state index in [9.17, 15) is 0 Å². The molecule has 0 aliphatic rings. The third-order valence-electron chi connectivity index (χ3n) is 3.02. The zero-order valence-electron chi connectivity index (χ0n) is 12.8. The van der Waals surface area contributed by atoms with Gasteiger partial charge in [-0.25, -0.2) is 0 Å². The van der Waals surface area contributed by atoms with Crippen molar-refractivity contribution in [2.45, 2.75) is 48.8 Å². The van der Waals surface area contributed by atoms with Gasteiger partial charge in [-0.1, -0.05) is 0 Å². The third kappa shape index (κ3) is 9.12. The van der Waals surface area contributed by atoms with Crippen LogP contribution in [0.3, 0.4) is 0 Å². The minimum atomic E-state index is -1.67. The van der Waals surface area contributed by atoms with Crippen LogP contribution in [0, 0.1) is 0 Å². The van der Waals surface area contributed by atoms with Crippen LogP contribution in [0.5, 0.6) is 0 Å². The van der Waals surface area contributed by atoms with E-state index in [1.807, 2.05) is 0 Å². The predicted octanol–water partition coefficient (Wildman–Crippen LogP) is -7.17. The normalized spacial score (nSPS) is 21.5. The van der Waals surface area contributed by atoms with Gasteiger partial charge in [-0.2, -0.15) is 0 Å². The Balaban J connectivity index is 0. The average molecular weight is 364 g/mol. The van der Waals surface area contributed by atoms with Crippen molar-refractivity contribution in [2.75, 3.05) is 26.4 Å². The van der Waals surface area contributed by atoms with Crippen molar-refractivity contribution < 1.29 is 61.3 Å². The number of hydrogen-bond acceptors (Lipinski definition) is 12. The first-order chi connectivity index (χ1) is 11.1. The lowest BCUT2D eigenvalue weighted by Gasteiger charge is -2.24. The lowest BCUT2D eigenvalue weighted by Crippen LogP contribution is -2.46. The highest BCUT2D eigenvalue weighted by atomic mass is 16.4. The first-order valence-corrected chi connectivity index (χ1v) is 6.96. The molecule has 0 aromatic heterocycles. The molecule has 12 N–H and O–H groups in total. The van der Waals surface area contributed by atoms with Gasteiger partial charge in [0.05, 0.1) is 26.4 Å². The van der Waals surface area contributed by atoms with Gasteiger partial charge in [0.15, 0.2) is 0 Å². The van der Waals surface area contributed by atoms with E-state index in [2.05, 4.69) is 0 Å². The zero-order chi connectivity index (χ0) is 19.4. The summed E-state index contributed by atoms with van der Waals surface area (Å²) < 4.78 is 0. The summed E-state index contributed by atoms with van der Waals surface area (Å²) in [5, 5.41) is 104. The maximum Gasteiger partial charge on any atom is 0.111 e. The van der Waals surface area contributed by atoms with Gasteiger partial charge in [-0.05, 0) is 0 Å². The molecule has 0 fully saturated rings. The largest absolute Gasteiger partial charge is 0.394 e. The van der Waals surface area contributed by atoms with Gasteiger partial charge >= 0.3 is 0 Å². The Hall–Kier alpha value is -0.480. The van der Waals surface area contributed by atoms with Crippen LogP contribution >= 0.6 is 0 Å². The van der Waals surface area contributed by atoms with Crippen molar-refractivity contribution in [3.63, 3.8) is 0 Å². The van der Waals surface area contributed by atoms with E-state index in [1.165, 1.54) is 0 Å². The van der Waals surface area contributed by atoms with Crippen LogP contribution < -0.4 is 0 Å². The Kier molecular flexibility index (Phi) is 14.8. The van der Waals surface area contributed by atoms with Crippen molar-refractivity contribution in [3.8, 4) is 0 Å². The Bertz CT molecular complexity index is 237. The molecular formula is C12H28O12. The van der Waals surface area contributed by atoms with E-state index in [-0.39, 0.29) is 0 Å². The summed E-state index contributed by atoms with van der Waals surface area (Å²) in [6, 6.07) is 0. The van der Waals surface area contributed by atoms with Crippen LogP contribution in [0.1, 0.15) is 0 Å². The zero-order valence-corrected chi connectivity index (χ0v) is 12.8. The van der Waals surface area contributed by atoms with Crippen molar-refractivity contribution in [1.29, 1.82) is 0 Å². The molecule has 0 heterocycles. The first kappa shape index (κ1) is 25.8. The lowest BCUT2D eigenvalue weighted by molar-refractivity contribution is -0.123. The topological polar surface area (TPSA) is 243 Å². The maximum absolute atomic E-state index is 8.96. The Morgan fingerprint density at radius 3 is 0.542 bits per heavy atom. The fourth-order valence-electron chi connectivity index (χ4n) is 1.34. The van der Waals surface area contributed by atoms with Crippen LogP contribution in [-0.4, -0.2) is 137 Å².